The Labute approximate surface area is 194 Å². The number of aryl methyl sites for hydroxylation is 1. The topological polar surface area (TPSA) is 30.7 Å². The second-order valence-corrected chi connectivity index (χ2v) is 9.29. The third-order valence-electron chi connectivity index (χ3n) is 5.20. The Hall–Kier alpha value is -2.89. The highest BCUT2D eigenvalue weighted by atomic mass is 79.9. The first kappa shape index (κ1) is 20.0. The van der Waals surface area contributed by atoms with E-state index in [2.05, 4.69) is 116 Å². The van der Waals surface area contributed by atoms with Crippen molar-refractivity contribution < 1.29 is 0 Å². The summed E-state index contributed by atoms with van der Waals surface area (Å²) in [7, 11) is 0. The quantitative estimate of drug-likeness (QED) is 0.191. The Balaban J connectivity index is 1.65. The summed E-state index contributed by atoms with van der Waals surface area (Å²) in [6.07, 6.45) is 3.85. The van der Waals surface area contributed by atoms with Gasteiger partial charge in [-0.25, -0.2) is 9.97 Å². The van der Waals surface area contributed by atoms with Crippen molar-refractivity contribution in [3.05, 3.63) is 107 Å². The monoisotopic (exact) mass is 485 g/mol. The smallest absolute Gasteiger partial charge is 0.149 e. The van der Waals surface area contributed by atoms with Crippen LogP contribution < -0.4 is 0 Å². The Morgan fingerprint density at radius 2 is 1.71 bits per heavy atom. The van der Waals surface area contributed by atoms with Crippen molar-refractivity contribution in [3.8, 4) is 16.8 Å². The SMILES string of the molecule is Cc1cccc(CSc2ncnc3c2c(-c2ccccc2)cn3-c2ccc(Br)cc2)c1. The van der Waals surface area contributed by atoms with Gasteiger partial charge < -0.3 is 4.57 Å². The van der Waals surface area contributed by atoms with Crippen molar-refractivity contribution >= 4 is 38.7 Å². The van der Waals surface area contributed by atoms with Gasteiger partial charge in [-0.1, -0.05) is 76.1 Å². The molecule has 3 nitrogen and oxygen atoms in total. The van der Waals surface area contributed by atoms with Gasteiger partial charge in [-0.15, -0.1) is 11.8 Å². The Morgan fingerprint density at radius 3 is 2.48 bits per heavy atom. The summed E-state index contributed by atoms with van der Waals surface area (Å²) < 4.78 is 3.21. The molecule has 5 rings (SSSR count). The molecule has 0 spiro atoms. The van der Waals surface area contributed by atoms with Crippen LogP contribution in [0.15, 0.2) is 101 Å². The molecule has 0 unspecified atom stereocenters. The molecule has 2 heterocycles. The predicted molar refractivity (Wildman–Crippen MR) is 133 cm³/mol. The Bertz CT molecular complexity index is 1340. The van der Waals surface area contributed by atoms with E-state index in [1.54, 1.807) is 18.1 Å². The number of nitrogens with zero attached hydrogens (tertiary/aromatic N) is 3. The van der Waals surface area contributed by atoms with Gasteiger partial charge >= 0.3 is 0 Å². The number of aromatic nitrogens is 3. The highest BCUT2D eigenvalue weighted by molar-refractivity contribution is 9.10. The van der Waals surface area contributed by atoms with Crippen molar-refractivity contribution in [2.45, 2.75) is 17.7 Å². The fourth-order valence-electron chi connectivity index (χ4n) is 3.73. The van der Waals surface area contributed by atoms with Crippen LogP contribution in [0.4, 0.5) is 0 Å². The maximum absolute atomic E-state index is 4.68. The summed E-state index contributed by atoms with van der Waals surface area (Å²) in [6.45, 7) is 2.13. The Morgan fingerprint density at radius 1 is 0.903 bits per heavy atom. The number of hydrogen-bond donors (Lipinski definition) is 0. The third kappa shape index (κ3) is 4.16. The zero-order chi connectivity index (χ0) is 21.2. The minimum absolute atomic E-state index is 0.867. The van der Waals surface area contributed by atoms with E-state index in [9.17, 15) is 0 Å². The molecule has 0 fully saturated rings. The molecule has 5 heteroatoms. The maximum Gasteiger partial charge on any atom is 0.149 e. The highest BCUT2D eigenvalue weighted by Gasteiger charge is 2.17. The molecular weight excluding hydrogens is 466 g/mol. The number of fused-ring (bicyclic) bond motifs is 1. The minimum Gasteiger partial charge on any atom is -0.301 e. The molecule has 0 bridgehead atoms. The maximum atomic E-state index is 4.68. The normalized spacial score (nSPS) is 11.2. The van der Waals surface area contributed by atoms with Crippen LogP contribution in [0.1, 0.15) is 11.1 Å². The fourth-order valence-corrected chi connectivity index (χ4v) is 4.95. The Kier molecular flexibility index (Phi) is 5.62. The average molecular weight is 486 g/mol. The van der Waals surface area contributed by atoms with Gasteiger partial charge in [-0.3, -0.25) is 0 Å². The number of hydrogen-bond acceptors (Lipinski definition) is 3. The van der Waals surface area contributed by atoms with Gasteiger partial charge in [0.1, 0.15) is 17.0 Å². The molecule has 0 saturated heterocycles. The largest absolute Gasteiger partial charge is 0.301 e. The van der Waals surface area contributed by atoms with Crippen molar-refractivity contribution in [1.29, 1.82) is 0 Å². The average Bonchev–Trinajstić information content (AvgIpc) is 3.19. The number of thioether (sulfide) groups is 1. The van der Waals surface area contributed by atoms with Crippen LogP contribution in [-0.2, 0) is 5.75 Å². The van der Waals surface area contributed by atoms with Crippen LogP contribution in [-0.4, -0.2) is 14.5 Å². The molecule has 0 aliphatic carbocycles. The van der Waals surface area contributed by atoms with Crippen LogP contribution in [0.2, 0.25) is 0 Å². The van der Waals surface area contributed by atoms with Gasteiger partial charge in [0.25, 0.3) is 0 Å². The van der Waals surface area contributed by atoms with Crippen molar-refractivity contribution in [2.24, 2.45) is 0 Å². The van der Waals surface area contributed by atoms with E-state index in [4.69, 9.17) is 0 Å². The van der Waals surface area contributed by atoms with E-state index < -0.39 is 0 Å². The molecule has 0 radical (unpaired) electrons. The molecule has 0 aliphatic rings. The summed E-state index contributed by atoms with van der Waals surface area (Å²) in [5.74, 6) is 0.867. The molecule has 2 aromatic heterocycles. The lowest BCUT2D eigenvalue weighted by Crippen LogP contribution is -1.95. The molecule has 5 aromatic rings. The third-order valence-corrected chi connectivity index (χ3v) is 6.79. The molecule has 0 aliphatic heterocycles. The minimum atomic E-state index is 0.867. The summed E-state index contributed by atoms with van der Waals surface area (Å²) >= 11 is 5.29. The van der Waals surface area contributed by atoms with Gasteiger partial charge in [-0.05, 0) is 42.3 Å². The number of benzene rings is 3. The van der Waals surface area contributed by atoms with Crippen molar-refractivity contribution in [2.75, 3.05) is 0 Å². The van der Waals surface area contributed by atoms with Crippen LogP contribution in [0.5, 0.6) is 0 Å². The van der Waals surface area contributed by atoms with Crippen LogP contribution in [0, 0.1) is 6.92 Å². The highest BCUT2D eigenvalue weighted by Crippen LogP contribution is 2.37. The van der Waals surface area contributed by atoms with E-state index in [0.717, 1.165) is 43.1 Å². The lowest BCUT2D eigenvalue weighted by Gasteiger charge is -2.07. The van der Waals surface area contributed by atoms with Crippen LogP contribution in [0.25, 0.3) is 27.8 Å². The molecular formula is C26H20BrN3S. The lowest BCUT2D eigenvalue weighted by molar-refractivity contribution is 1.04. The van der Waals surface area contributed by atoms with E-state index in [1.807, 2.05) is 6.07 Å². The summed E-state index contributed by atoms with van der Waals surface area (Å²) in [4.78, 5) is 9.37. The molecule has 0 N–H and O–H groups in total. The first-order valence-electron chi connectivity index (χ1n) is 10.0. The first-order chi connectivity index (χ1) is 15.2. The standard InChI is InChI=1S/C26H20BrN3S/c1-18-6-5-7-19(14-18)16-31-26-24-23(20-8-3-2-4-9-20)15-30(25(24)28-17-29-26)22-12-10-21(27)11-13-22/h2-15,17H,16H2,1H3. The molecule has 0 atom stereocenters. The van der Waals surface area contributed by atoms with Crippen molar-refractivity contribution in [1.82, 2.24) is 14.5 Å². The molecule has 0 saturated carbocycles. The number of halogens is 1. The first-order valence-corrected chi connectivity index (χ1v) is 11.8. The van der Waals surface area contributed by atoms with E-state index in [-0.39, 0.29) is 0 Å². The van der Waals surface area contributed by atoms with E-state index in [0.29, 0.717) is 0 Å². The number of rotatable bonds is 5. The van der Waals surface area contributed by atoms with Crippen molar-refractivity contribution in [3.63, 3.8) is 0 Å². The molecule has 31 heavy (non-hydrogen) atoms. The zero-order valence-corrected chi connectivity index (χ0v) is 19.4. The van der Waals surface area contributed by atoms with Gasteiger partial charge in [0.05, 0.1) is 5.39 Å². The lowest BCUT2D eigenvalue weighted by atomic mass is 10.1. The second kappa shape index (κ2) is 8.69. The van der Waals surface area contributed by atoms with Gasteiger partial charge in [-0.2, -0.15) is 0 Å². The zero-order valence-electron chi connectivity index (χ0n) is 17.0. The fraction of sp³-hybridized carbons (Fsp3) is 0.0769. The van der Waals surface area contributed by atoms with E-state index >= 15 is 0 Å². The molecule has 3 aromatic carbocycles. The van der Waals surface area contributed by atoms with Crippen LogP contribution >= 0.6 is 27.7 Å². The molecule has 0 amide bonds. The summed E-state index contributed by atoms with van der Waals surface area (Å²) in [5, 5.41) is 2.09. The van der Waals surface area contributed by atoms with Gasteiger partial charge in [0, 0.05) is 27.7 Å². The van der Waals surface area contributed by atoms with Crippen LogP contribution in [0.3, 0.4) is 0 Å². The summed E-state index contributed by atoms with van der Waals surface area (Å²) in [6, 6.07) is 27.4. The van der Waals surface area contributed by atoms with E-state index in [1.165, 1.54) is 11.1 Å². The second-order valence-electron chi connectivity index (χ2n) is 7.41. The van der Waals surface area contributed by atoms with Gasteiger partial charge in [0.15, 0.2) is 0 Å². The van der Waals surface area contributed by atoms with Gasteiger partial charge in [0.2, 0.25) is 0 Å². The summed E-state index contributed by atoms with van der Waals surface area (Å²) in [5.41, 5.74) is 6.87. The molecule has 152 valence electrons. The predicted octanol–water partition coefficient (Wildman–Crippen LogP) is 7.45.